The van der Waals surface area contributed by atoms with Crippen molar-refractivity contribution >= 4 is 5.97 Å². The molecule has 1 aromatic carbocycles. The van der Waals surface area contributed by atoms with Crippen molar-refractivity contribution in [2.75, 3.05) is 27.9 Å². The number of benzene rings is 1. The molecule has 6 heteroatoms. The normalized spacial score (nSPS) is 9.94. The van der Waals surface area contributed by atoms with Crippen molar-refractivity contribution in [1.82, 2.24) is 5.32 Å². The Morgan fingerprint density at radius 2 is 1.67 bits per heavy atom. The topological polar surface area (TPSA) is 77.0 Å². The van der Waals surface area contributed by atoms with E-state index < -0.39 is 5.97 Å². The van der Waals surface area contributed by atoms with Gasteiger partial charge in [-0.2, -0.15) is 0 Å². The number of carbonyl (C=O) groups is 1. The molecule has 100 valence electrons. The van der Waals surface area contributed by atoms with Crippen molar-refractivity contribution in [3.8, 4) is 17.2 Å². The molecule has 18 heavy (non-hydrogen) atoms. The Kier molecular flexibility index (Phi) is 5.26. The van der Waals surface area contributed by atoms with Crippen LogP contribution in [-0.2, 0) is 11.3 Å². The standard InChI is InChI=1S/C12H17NO5/c1-16-9-5-11(18-3)10(17-2)4-8(9)6-13-7-12(14)15/h4-5,13H,6-7H2,1-3H3,(H,14,15). The molecule has 1 aromatic rings. The average molecular weight is 255 g/mol. The lowest BCUT2D eigenvalue weighted by atomic mass is 10.1. The maximum absolute atomic E-state index is 10.4. The van der Waals surface area contributed by atoms with Gasteiger partial charge in [0.2, 0.25) is 0 Å². The van der Waals surface area contributed by atoms with Gasteiger partial charge >= 0.3 is 5.97 Å². The van der Waals surface area contributed by atoms with Gasteiger partial charge in [-0.1, -0.05) is 0 Å². The van der Waals surface area contributed by atoms with E-state index in [-0.39, 0.29) is 6.54 Å². The number of methoxy groups -OCH3 is 3. The predicted molar refractivity (Wildman–Crippen MR) is 65.4 cm³/mol. The Bertz CT molecular complexity index is 419. The van der Waals surface area contributed by atoms with E-state index in [9.17, 15) is 4.79 Å². The number of nitrogens with one attached hydrogen (secondary N) is 1. The summed E-state index contributed by atoms with van der Waals surface area (Å²) in [5, 5.41) is 11.4. The third kappa shape index (κ3) is 3.53. The first-order valence-electron chi connectivity index (χ1n) is 5.33. The van der Waals surface area contributed by atoms with E-state index in [1.54, 1.807) is 33.5 Å². The monoisotopic (exact) mass is 255 g/mol. The maximum atomic E-state index is 10.4. The van der Waals surface area contributed by atoms with Gasteiger partial charge in [0.25, 0.3) is 0 Å². The molecule has 0 fully saturated rings. The minimum atomic E-state index is -0.908. The van der Waals surface area contributed by atoms with Crippen molar-refractivity contribution < 1.29 is 24.1 Å². The van der Waals surface area contributed by atoms with Crippen molar-refractivity contribution in [1.29, 1.82) is 0 Å². The van der Waals surface area contributed by atoms with E-state index in [1.165, 1.54) is 0 Å². The summed E-state index contributed by atoms with van der Waals surface area (Å²) in [4.78, 5) is 10.4. The molecule has 0 amide bonds. The summed E-state index contributed by atoms with van der Waals surface area (Å²) in [5.41, 5.74) is 0.802. The molecule has 0 unspecified atom stereocenters. The fraction of sp³-hybridized carbons (Fsp3) is 0.417. The van der Waals surface area contributed by atoms with Gasteiger partial charge in [0.1, 0.15) is 5.75 Å². The van der Waals surface area contributed by atoms with Crippen molar-refractivity contribution in [2.45, 2.75) is 6.54 Å². The van der Waals surface area contributed by atoms with Crippen molar-refractivity contribution in [3.63, 3.8) is 0 Å². The molecule has 0 aliphatic rings. The quantitative estimate of drug-likeness (QED) is 0.753. The molecule has 0 saturated heterocycles. The maximum Gasteiger partial charge on any atom is 0.317 e. The van der Waals surface area contributed by atoms with Crippen LogP contribution in [0.5, 0.6) is 17.2 Å². The highest BCUT2D eigenvalue weighted by molar-refractivity contribution is 5.69. The summed E-state index contributed by atoms with van der Waals surface area (Å²) in [6.45, 7) is 0.257. The molecule has 0 aliphatic carbocycles. The number of carboxylic acids is 1. The van der Waals surface area contributed by atoms with Crippen LogP contribution in [0.2, 0.25) is 0 Å². The zero-order valence-corrected chi connectivity index (χ0v) is 10.6. The average Bonchev–Trinajstić information content (AvgIpc) is 2.37. The minimum Gasteiger partial charge on any atom is -0.496 e. The fourth-order valence-electron chi connectivity index (χ4n) is 1.53. The summed E-state index contributed by atoms with van der Waals surface area (Å²) in [7, 11) is 4.63. The SMILES string of the molecule is COc1cc(OC)c(OC)cc1CNCC(=O)O. The van der Waals surface area contributed by atoms with Gasteiger partial charge in [-0.05, 0) is 6.07 Å². The van der Waals surface area contributed by atoms with Crippen LogP contribution < -0.4 is 19.5 Å². The molecular formula is C12H17NO5. The highest BCUT2D eigenvalue weighted by Gasteiger charge is 2.11. The van der Waals surface area contributed by atoms with E-state index in [2.05, 4.69) is 5.32 Å². The number of hydrogen-bond acceptors (Lipinski definition) is 5. The predicted octanol–water partition coefficient (Wildman–Crippen LogP) is 0.887. The number of rotatable bonds is 7. The zero-order valence-electron chi connectivity index (χ0n) is 10.6. The van der Waals surface area contributed by atoms with Crippen LogP contribution in [-0.4, -0.2) is 38.9 Å². The Labute approximate surface area is 105 Å². The van der Waals surface area contributed by atoms with Gasteiger partial charge in [-0.15, -0.1) is 0 Å². The first-order valence-corrected chi connectivity index (χ1v) is 5.33. The van der Waals surface area contributed by atoms with Crippen LogP contribution in [0.25, 0.3) is 0 Å². The molecule has 0 bridgehead atoms. The van der Waals surface area contributed by atoms with Gasteiger partial charge in [-0.25, -0.2) is 0 Å². The lowest BCUT2D eigenvalue weighted by molar-refractivity contribution is -0.136. The summed E-state index contributed by atoms with van der Waals surface area (Å²) in [6, 6.07) is 3.46. The summed E-state index contributed by atoms with van der Waals surface area (Å²) >= 11 is 0. The number of carboxylic acid groups (broad SMARTS) is 1. The molecule has 6 nitrogen and oxygen atoms in total. The third-order valence-corrected chi connectivity index (χ3v) is 2.38. The molecule has 0 saturated carbocycles. The van der Waals surface area contributed by atoms with Crippen LogP contribution in [0.1, 0.15) is 5.56 Å². The van der Waals surface area contributed by atoms with Gasteiger partial charge in [0, 0.05) is 18.2 Å². The number of hydrogen-bond donors (Lipinski definition) is 2. The second-order valence-corrected chi connectivity index (χ2v) is 3.52. The first kappa shape index (κ1) is 14.1. The van der Waals surface area contributed by atoms with E-state index in [0.717, 1.165) is 5.56 Å². The lowest BCUT2D eigenvalue weighted by Gasteiger charge is -2.14. The highest BCUT2D eigenvalue weighted by atomic mass is 16.5. The molecule has 2 N–H and O–H groups in total. The Morgan fingerprint density at radius 3 is 2.17 bits per heavy atom. The smallest absolute Gasteiger partial charge is 0.317 e. The Morgan fingerprint density at radius 1 is 1.11 bits per heavy atom. The van der Waals surface area contributed by atoms with Crippen molar-refractivity contribution in [3.05, 3.63) is 17.7 Å². The van der Waals surface area contributed by atoms with Gasteiger partial charge in [0.15, 0.2) is 11.5 Å². The molecule has 1 rings (SSSR count). The summed E-state index contributed by atoms with van der Waals surface area (Å²) < 4.78 is 15.6. The molecule has 0 radical (unpaired) electrons. The Hall–Kier alpha value is -1.95. The van der Waals surface area contributed by atoms with Crippen LogP contribution in [0.3, 0.4) is 0 Å². The summed E-state index contributed by atoms with van der Waals surface area (Å²) in [5.74, 6) is 0.849. The van der Waals surface area contributed by atoms with E-state index in [4.69, 9.17) is 19.3 Å². The van der Waals surface area contributed by atoms with E-state index in [0.29, 0.717) is 23.8 Å². The number of ether oxygens (including phenoxy) is 3. The third-order valence-electron chi connectivity index (χ3n) is 2.38. The molecule has 0 heterocycles. The molecule has 0 aliphatic heterocycles. The van der Waals surface area contributed by atoms with Crippen LogP contribution in [0, 0.1) is 0 Å². The van der Waals surface area contributed by atoms with Gasteiger partial charge in [0.05, 0.1) is 27.9 Å². The first-order chi connectivity index (χ1) is 8.62. The fourth-order valence-corrected chi connectivity index (χ4v) is 1.53. The molecule has 0 spiro atoms. The summed E-state index contributed by atoms with van der Waals surface area (Å²) in [6.07, 6.45) is 0. The molecule has 0 atom stereocenters. The second-order valence-electron chi connectivity index (χ2n) is 3.52. The van der Waals surface area contributed by atoms with Gasteiger partial charge in [-0.3, -0.25) is 4.79 Å². The minimum absolute atomic E-state index is 0.114. The van der Waals surface area contributed by atoms with Crippen molar-refractivity contribution in [2.24, 2.45) is 0 Å². The van der Waals surface area contributed by atoms with E-state index >= 15 is 0 Å². The van der Waals surface area contributed by atoms with Gasteiger partial charge < -0.3 is 24.6 Å². The molecule has 0 aromatic heterocycles. The molecular weight excluding hydrogens is 238 g/mol. The van der Waals surface area contributed by atoms with Crippen LogP contribution in [0.15, 0.2) is 12.1 Å². The van der Waals surface area contributed by atoms with Crippen LogP contribution >= 0.6 is 0 Å². The largest absolute Gasteiger partial charge is 0.496 e. The lowest BCUT2D eigenvalue weighted by Crippen LogP contribution is -2.22. The van der Waals surface area contributed by atoms with E-state index in [1.807, 2.05) is 0 Å². The highest BCUT2D eigenvalue weighted by Crippen LogP contribution is 2.34. The van der Waals surface area contributed by atoms with Crippen LogP contribution in [0.4, 0.5) is 0 Å². The Balaban J connectivity index is 2.91. The zero-order chi connectivity index (χ0) is 13.5. The number of aliphatic carboxylic acids is 1. The second kappa shape index (κ2) is 6.70.